The zero-order valence-corrected chi connectivity index (χ0v) is 21.3. The van der Waals surface area contributed by atoms with Gasteiger partial charge >= 0.3 is 0 Å². The molecule has 4 rings (SSSR count). The van der Waals surface area contributed by atoms with Crippen LogP contribution in [0.1, 0.15) is 73.8 Å². The fraction of sp³-hybridized carbons (Fsp3) is 0.333. The molecule has 0 fully saturated rings. The Labute approximate surface area is 209 Å². The van der Waals surface area contributed by atoms with Crippen LogP contribution in [0.4, 0.5) is 8.78 Å². The van der Waals surface area contributed by atoms with Crippen molar-refractivity contribution >= 4 is 5.57 Å². The molecule has 182 valence electrons. The van der Waals surface area contributed by atoms with E-state index in [1.54, 1.807) is 6.07 Å². The van der Waals surface area contributed by atoms with Gasteiger partial charge in [0, 0.05) is 12.5 Å². The zero-order valence-electron chi connectivity index (χ0n) is 21.3. The maximum atomic E-state index is 14.4. The summed E-state index contributed by atoms with van der Waals surface area (Å²) in [6, 6.07) is 23.0. The van der Waals surface area contributed by atoms with E-state index in [0.717, 1.165) is 62.1 Å². The minimum absolute atomic E-state index is 0.169. The summed E-state index contributed by atoms with van der Waals surface area (Å²) in [6.07, 6.45) is 6.41. The number of halogens is 2. The molecule has 1 aliphatic carbocycles. The molecule has 0 heterocycles. The number of aryl methyl sites for hydroxylation is 3. The SMILES string of the molecule is C=C(C)CCc1ccc(CCC2=C(c3ccc(C)c(-c4ccccc4)c3)CCC2)cc1C(C)(F)F. The van der Waals surface area contributed by atoms with Crippen molar-refractivity contribution in [3.63, 3.8) is 0 Å². The largest absolute Gasteiger partial charge is 0.270 e. The van der Waals surface area contributed by atoms with Crippen LogP contribution in [0.3, 0.4) is 0 Å². The van der Waals surface area contributed by atoms with Crippen LogP contribution >= 0.6 is 0 Å². The molecule has 0 amide bonds. The predicted molar refractivity (Wildman–Crippen MR) is 145 cm³/mol. The second kappa shape index (κ2) is 10.7. The summed E-state index contributed by atoms with van der Waals surface area (Å²) in [6.45, 7) is 9.04. The molecule has 2 heteroatoms. The molecular weight excluding hydrogens is 434 g/mol. The zero-order chi connectivity index (χ0) is 25.0. The maximum Gasteiger partial charge on any atom is 0.270 e. The summed E-state index contributed by atoms with van der Waals surface area (Å²) in [4.78, 5) is 0. The Morgan fingerprint density at radius 2 is 1.66 bits per heavy atom. The molecule has 0 spiro atoms. The van der Waals surface area contributed by atoms with E-state index in [9.17, 15) is 8.78 Å². The molecule has 0 nitrogen and oxygen atoms in total. The molecule has 3 aromatic carbocycles. The summed E-state index contributed by atoms with van der Waals surface area (Å²) in [5.41, 5.74) is 10.9. The molecule has 0 saturated carbocycles. The van der Waals surface area contributed by atoms with E-state index in [1.807, 2.05) is 25.1 Å². The number of hydrogen-bond donors (Lipinski definition) is 0. The lowest BCUT2D eigenvalue weighted by atomic mass is 9.91. The van der Waals surface area contributed by atoms with Gasteiger partial charge < -0.3 is 0 Å². The van der Waals surface area contributed by atoms with E-state index >= 15 is 0 Å². The van der Waals surface area contributed by atoms with Gasteiger partial charge in [-0.1, -0.05) is 65.7 Å². The summed E-state index contributed by atoms with van der Waals surface area (Å²) < 4.78 is 28.8. The Bertz CT molecular complexity index is 1230. The quantitative estimate of drug-likeness (QED) is 0.273. The number of hydrogen-bond acceptors (Lipinski definition) is 0. The molecule has 0 bridgehead atoms. The molecule has 3 aromatic rings. The number of rotatable bonds is 9. The predicted octanol–water partition coefficient (Wildman–Crippen LogP) is 9.85. The first-order chi connectivity index (χ1) is 16.7. The molecule has 0 aromatic heterocycles. The van der Waals surface area contributed by atoms with Gasteiger partial charge in [0.2, 0.25) is 0 Å². The van der Waals surface area contributed by atoms with E-state index in [4.69, 9.17) is 0 Å². The Morgan fingerprint density at radius 1 is 0.886 bits per heavy atom. The third-order valence-corrected chi connectivity index (χ3v) is 7.19. The van der Waals surface area contributed by atoms with E-state index in [1.165, 1.54) is 33.4 Å². The third kappa shape index (κ3) is 6.17. The minimum Gasteiger partial charge on any atom is -0.202 e. The fourth-order valence-corrected chi connectivity index (χ4v) is 5.22. The Balaban J connectivity index is 1.57. The lowest BCUT2D eigenvalue weighted by Gasteiger charge is -2.18. The van der Waals surface area contributed by atoms with Crippen molar-refractivity contribution in [3.05, 3.63) is 112 Å². The highest BCUT2D eigenvalue weighted by molar-refractivity contribution is 5.77. The van der Waals surface area contributed by atoms with Crippen molar-refractivity contribution in [1.82, 2.24) is 0 Å². The van der Waals surface area contributed by atoms with Gasteiger partial charge in [0.15, 0.2) is 0 Å². The monoisotopic (exact) mass is 470 g/mol. The van der Waals surface area contributed by atoms with Gasteiger partial charge in [-0.15, -0.1) is 6.58 Å². The van der Waals surface area contributed by atoms with Gasteiger partial charge in [-0.3, -0.25) is 0 Å². The molecule has 1 aliphatic rings. The second-order valence-corrected chi connectivity index (χ2v) is 10.2. The molecule has 0 radical (unpaired) electrons. The smallest absolute Gasteiger partial charge is 0.202 e. The van der Waals surface area contributed by atoms with E-state index in [0.29, 0.717) is 6.42 Å². The van der Waals surface area contributed by atoms with Crippen LogP contribution in [0, 0.1) is 6.92 Å². The number of benzene rings is 3. The third-order valence-electron chi connectivity index (χ3n) is 7.19. The first-order valence-electron chi connectivity index (χ1n) is 12.7. The minimum atomic E-state index is -2.84. The number of alkyl halides is 2. The summed E-state index contributed by atoms with van der Waals surface area (Å²) in [5, 5.41) is 0. The Morgan fingerprint density at radius 3 is 2.37 bits per heavy atom. The number of allylic oxidation sites excluding steroid dienone is 3. The molecule has 0 atom stereocenters. The van der Waals surface area contributed by atoms with Crippen LogP contribution in [-0.2, 0) is 18.8 Å². The van der Waals surface area contributed by atoms with Crippen molar-refractivity contribution < 1.29 is 8.78 Å². The van der Waals surface area contributed by atoms with E-state index < -0.39 is 5.92 Å². The van der Waals surface area contributed by atoms with Crippen LogP contribution in [0.25, 0.3) is 16.7 Å². The fourth-order valence-electron chi connectivity index (χ4n) is 5.22. The topological polar surface area (TPSA) is 0 Å². The average molecular weight is 471 g/mol. The molecule has 0 unspecified atom stereocenters. The second-order valence-electron chi connectivity index (χ2n) is 10.2. The molecule has 0 N–H and O–H groups in total. The lowest BCUT2D eigenvalue weighted by molar-refractivity contribution is 0.0164. The molecule has 35 heavy (non-hydrogen) atoms. The maximum absolute atomic E-state index is 14.4. The Kier molecular flexibility index (Phi) is 7.69. The van der Waals surface area contributed by atoms with Crippen LogP contribution in [0.2, 0.25) is 0 Å². The normalized spacial score (nSPS) is 14.0. The van der Waals surface area contributed by atoms with Crippen LogP contribution < -0.4 is 0 Å². The van der Waals surface area contributed by atoms with Crippen LogP contribution in [0.15, 0.2) is 84.5 Å². The van der Waals surface area contributed by atoms with Gasteiger partial charge in [0.25, 0.3) is 5.92 Å². The van der Waals surface area contributed by atoms with Gasteiger partial charge in [-0.2, -0.15) is 0 Å². The van der Waals surface area contributed by atoms with Crippen LogP contribution in [0.5, 0.6) is 0 Å². The molecular formula is C33H36F2. The van der Waals surface area contributed by atoms with Crippen molar-refractivity contribution in [2.75, 3.05) is 0 Å². The summed E-state index contributed by atoms with van der Waals surface area (Å²) in [5.74, 6) is -2.84. The molecule has 0 saturated heterocycles. The first-order valence-corrected chi connectivity index (χ1v) is 12.7. The average Bonchev–Trinajstić information content (AvgIpc) is 3.30. The Hall–Kier alpha value is -3.00. The van der Waals surface area contributed by atoms with E-state index in [-0.39, 0.29) is 5.56 Å². The summed E-state index contributed by atoms with van der Waals surface area (Å²) in [7, 11) is 0. The van der Waals surface area contributed by atoms with Gasteiger partial charge in [0.1, 0.15) is 0 Å². The van der Waals surface area contributed by atoms with Gasteiger partial charge in [0.05, 0.1) is 0 Å². The highest BCUT2D eigenvalue weighted by Gasteiger charge is 2.27. The van der Waals surface area contributed by atoms with Crippen molar-refractivity contribution in [2.45, 2.75) is 71.6 Å². The van der Waals surface area contributed by atoms with Gasteiger partial charge in [-0.25, -0.2) is 8.78 Å². The standard InChI is InChI=1S/C33H36F2/c1-23(2)13-17-28-20-16-25(21-32(28)33(4,34)35)15-19-27-11-8-12-30(27)29-18-14-24(3)31(22-29)26-9-6-5-7-10-26/h5-7,9-10,14,16,18,20-22H,1,8,11-13,15,17,19H2,2-4H3. The van der Waals surface area contributed by atoms with Crippen molar-refractivity contribution in [2.24, 2.45) is 0 Å². The van der Waals surface area contributed by atoms with Crippen molar-refractivity contribution in [1.29, 1.82) is 0 Å². The first kappa shape index (κ1) is 25.1. The van der Waals surface area contributed by atoms with E-state index in [2.05, 4.69) is 56.0 Å². The van der Waals surface area contributed by atoms with Gasteiger partial charge in [-0.05, 0) is 110 Å². The highest BCUT2D eigenvalue weighted by Crippen LogP contribution is 2.39. The van der Waals surface area contributed by atoms with Crippen molar-refractivity contribution in [3.8, 4) is 11.1 Å². The lowest BCUT2D eigenvalue weighted by Crippen LogP contribution is -2.12. The molecule has 0 aliphatic heterocycles. The summed E-state index contributed by atoms with van der Waals surface area (Å²) >= 11 is 0. The van der Waals surface area contributed by atoms with Crippen LogP contribution in [-0.4, -0.2) is 0 Å². The highest BCUT2D eigenvalue weighted by atomic mass is 19.3.